The number of benzene rings is 2. The number of ether oxygens (including phenoxy) is 2. The molecule has 1 N–H and O–H groups in total. The zero-order valence-electron chi connectivity index (χ0n) is 16.0. The molecule has 6 nitrogen and oxygen atoms in total. The molecule has 0 unspecified atom stereocenters. The minimum absolute atomic E-state index is 0.0898. The van der Waals surface area contributed by atoms with Crippen molar-refractivity contribution in [2.45, 2.75) is 13.1 Å². The summed E-state index contributed by atoms with van der Waals surface area (Å²) in [5.41, 5.74) is 3.31. The topological polar surface area (TPSA) is 63.7 Å². The second-order valence-electron chi connectivity index (χ2n) is 6.57. The number of pyridine rings is 1. The van der Waals surface area contributed by atoms with Crippen LogP contribution >= 0.6 is 0 Å². The number of carbonyl (C=O) groups excluding carboxylic acids is 1. The number of fused-ring (bicyclic) bond motifs is 1. The number of nitrogens with zero attached hydrogens (tertiary/aromatic N) is 2. The molecule has 28 heavy (non-hydrogen) atoms. The van der Waals surface area contributed by atoms with Crippen LogP contribution in [0.25, 0.3) is 0 Å². The molecule has 1 aromatic heterocycles. The zero-order valence-corrected chi connectivity index (χ0v) is 16.0. The second-order valence-corrected chi connectivity index (χ2v) is 6.57. The number of anilines is 2. The summed E-state index contributed by atoms with van der Waals surface area (Å²) in [5, 5.41) is 3.45. The van der Waals surface area contributed by atoms with Crippen molar-refractivity contribution in [2.24, 2.45) is 0 Å². The Hall–Kier alpha value is -3.54. The maximum absolute atomic E-state index is 13.2. The SMILES string of the molecule is COc1ccc(OC)c(N[C@@H]2c3ccccc3C(=O)N2c2cc(C)ccn2)c1. The third kappa shape index (κ3) is 3.03. The van der Waals surface area contributed by atoms with Crippen molar-refractivity contribution in [2.75, 3.05) is 24.4 Å². The Bertz CT molecular complexity index is 1040. The van der Waals surface area contributed by atoms with Gasteiger partial charge in [-0.15, -0.1) is 0 Å². The molecule has 6 heteroatoms. The molecular formula is C22H21N3O3. The predicted molar refractivity (Wildman–Crippen MR) is 108 cm³/mol. The van der Waals surface area contributed by atoms with E-state index in [0.717, 1.165) is 16.8 Å². The summed E-state index contributed by atoms with van der Waals surface area (Å²) in [7, 11) is 3.23. The lowest BCUT2D eigenvalue weighted by atomic mass is 10.1. The van der Waals surface area contributed by atoms with Gasteiger partial charge in [-0.05, 0) is 42.8 Å². The Morgan fingerprint density at radius 3 is 2.61 bits per heavy atom. The summed E-state index contributed by atoms with van der Waals surface area (Å²) < 4.78 is 10.8. The van der Waals surface area contributed by atoms with Crippen LogP contribution in [0.1, 0.15) is 27.7 Å². The highest BCUT2D eigenvalue weighted by atomic mass is 16.5. The van der Waals surface area contributed by atoms with Crippen molar-refractivity contribution >= 4 is 17.4 Å². The largest absolute Gasteiger partial charge is 0.497 e. The number of methoxy groups -OCH3 is 2. The molecule has 1 atom stereocenters. The lowest BCUT2D eigenvalue weighted by molar-refractivity contribution is 0.0992. The van der Waals surface area contributed by atoms with Gasteiger partial charge in [-0.1, -0.05) is 18.2 Å². The van der Waals surface area contributed by atoms with Crippen molar-refractivity contribution in [3.8, 4) is 11.5 Å². The monoisotopic (exact) mass is 375 g/mol. The number of aromatic nitrogens is 1. The molecule has 0 radical (unpaired) electrons. The number of hydrogen-bond acceptors (Lipinski definition) is 5. The first-order chi connectivity index (χ1) is 13.6. The van der Waals surface area contributed by atoms with Crippen LogP contribution < -0.4 is 19.7 Å². The van der Waals surface area contributed by atoms with E-state index in [9.17, 15) is 4.79 Å². The van der Waals surface area contributed by atoms with Crippen LogP contribution in [0.2, 0.25) is 0 Å². The lowest BCUT2D eigenvalue weighted by Crippen LogP contribution is -2.33. The highest BCUT2D eigenvalue weighted by molar-refractivity contribution is 6.11. The third-order valence-corrected chi connectivity index (χ3v) is 4.81. The molecule has 2 heterocycles. The van der Waals surface area contributed by atoms with Gasteiger partial charge in [0.2, 0.25) is 0 Å². The predicted octanol–water partition coefficient (Wildman–Crippen LogP) is 4.18. The third-order valence-electron chi connectivity index (χ3n) is 4.81. The van der Waals surface area contributed by atoms with E-state index in [1.807, 2.05) is 61.5 Å². The van der Waals surface area contributed by atoms with Gasteiger partial charge in [-0.25, -0.2) is 4.98 Å². The number of rotatable bonds is 5. The van der Waals surface area contributed by atoms with Crippen LogP contribution in [0, 0.1) is 6.92 Å². The number of amides is 1. The second kappa shape index (κ2) is 7.23. The molecule has 4 rings (SSSR count). The quantitative estimate of drug-likeness (QED) is 0.725. The number of aryl methyl sites for hydroxylation is 1. The fourth-order valence-corrected chi connectivity index (χ4v) is 3.42. The normalized spacial score (nSPS) is 15.3. The summed E-state index contributed by atoms with van der Waals surface area (Å²) in [6.07, 6.45) is 1.29. The van der Waals surface area contributed by atoms with Gasteiger partial charge in [-0.3, -0.25) is 9.69 Å². The number of carbonyl (C=O) groups is 1. The maximum Gasteiger partial charge on any atom is 0.261 e. The van der Waals surface area contributed by atoms with Crippen LogP contribution in [-0.2, 0) is 0 Å². The van der Waals surface area contributed by atoms with Gasteiger partial charge in [-0.2, -0.15) is 0 Å². The fourth-order valence-electron chi connectivity index (χ4n) is 3.42. The maximum atomic E-state index is 13.2. The summed E-state index contributed by atoms with van der Waals surface area (Å²) in [4.78, 5) is 19.3. The highest BCUT2D eigenvalue weighted by Gasteiger charge is 2.38. The van der Waals surface area contributed by atoms with Crippen LogP contribution in [0.15, 0.2) is 60.8 Å². The van der Waals surface area contributed by atoms with Crippen LogP contribution in [0.4, 0.5) is 11.5 Å². The summed E-state index contributed by atoms with van der Waals surface area (Å²) in [5.74, 6) is 1.87. The van der Waals surface area contributed by atoms with E-state index in [1.165, 1.54) is 0 Å². The smallest absolute Gasteiger partial charge is 0.261 e. The first kappa shape index (κ1) is 17.9. The number of nitrogens with one attached hydrogen (secondary N) is 1. The number of hydrogen-bond donors (Lipinski definition) is 1. The van der Waals surface area contributed by atoms with Crippen LogP contribution in [-0.4, -0.2) is 25.1 Å². The Morgan fingerprint density at radius 2 is 1.86 bits per heavy atom. The van der Waals surface area contributed by atoms with E-state index in [2.05, 4.69) is 10.3 Å². The Balaban J connectivity index is 1.81. The first-order valence-corrected chi connectivity index (χ1v) is 8.96. The van der Waals surface area contributed by atoms with Gasteiger partial charge >= 0.3 is 0 Å². The Kier molecular flexibility index (Phi) is 4.61. The molecule has 142 valence electrons. The van der Waals surface area contributed by atoms with E-state index in [0.29, 0.717) is 22.9 Å². The van der Waals surface area contributed by atoms with E-state index in [4.69, 9.17) is 9.47 Å². The fraction of sp³-hybridized carbons (Fsp3) is 0.182. The molecule has 0 saturated carbocycles. The average molecular weight is 375 g/mol. The van der Waals surface area contributed by atoms with Crippen molar-refractivity contribution in [1.82, 2.24) is 4.98 Å². The van der Waals surface area contributed by atoms with E-state index in [-0.39, 0.29) is 5.91 Å². The molecule has 0 saturated heterocycles. The van der Waals surface area contributed by atoms with Crippen molar-refractivity contribution in [3.63, 3.8) is 0 Å². The summed E-state index contributed by atoms with van der Waals surface area (Å²) in [6, 6.07) is 16.9. The molecule has 2 aromatic carbocycles. The minimum Gasteiger partial charge on any atom is -0.497 e. The molecule has 0 aliphatic carbocycles. The lowest BCUT2D eigenvalue weighted by Gasteiger charge is -2.27. The standard InChI is InChI=1S/C22H21N3O3/c1-14-10-11-23-20(12-14)25-21(16-6-4-5-7-17(16)22(25)26)24-18-13-15(27-2)8-9-19(18)28-3/h4-13,21,24H,1-3H3/t21-/m0/s1. The molecular weight excluding hydrogens is 354 g/mol. The first-order valence-electron chi connectivity index (χ1n) is 8.96. The highest BCUT2D eigenvalue weighted by Crippen LogP contribution is 2.40. The molecule has 0 spiro atoms. The Labute approximate surface area is 163 Å². The van der Waals surface area contributed by atoms with Gasteiger partial charge in [0.1, 0.15) is 23.5 Å². The molecule has 0 bridgehead atoms. The van der Waals surface area contributed by atoms with E-state index < -0.39 is 6.17 Å². The average Bonchev–Trinajstić information content (AvgIpc) is 3.00. The van der Waals surface area contributed by atoms with Crippen molar-refractivity contribution in [3.05, 3.63) is 77.5 Å². The molecule has 3 aromatic rings. The van der Waals surface area contributed by atoms with Gasteiger partial charge in [0.25, 0.3) is 5.91 Å². The van der Waals surface area contributed by atoms with Crippen molar-refractivity contribution in [1.29, 1.82) is 0 Å². The minimum atomic E-state index is -0.418. The summed E-state index contributed by atoms with van der Waals surface area (Å²) >= 11 is 0. The summed E-state index contributed by atoms with van der Waals surface area (Å²) in [6.45, 7) is 1.98. The van der Waals surface area contributed by atoms with E-state index in [1.54, 1.807) is 25.3 Å². The zero-order chi connectivity index (χ0) is 19.7. The van der Waals surface area contributed by atoms with Gasteiger partial charge in [0.15, 0.2) is 0 Å². The molecule has 0 fully saturated rings. The molecule has 1 aliphatic heterocycles. The van der Waals surface area contributed by atoms with Gasteiger partial charge < -0.3 is 14.8 Å². The van der Waals surface area contributed by atoms with E-state index >= 15 is 0 Å². The Morgan fingerprint density at radius 1 is 1.04 bits per heavy atom. The molecule has 1 aliphatic rings. The van der Waals surface area contributed by atoms with Crippen LogP contribution in [0.3, 0.4) is 0 Å². The molecule has 1 amide bonds. The van der Waals surface area contributed by atoms with Crippen molar-refractivity contribution < 1.29 is 14.3 Å². The van der Waals surface area contributed by atoms with Gasteiger partial charge in [0, 0.05) is 23.4 Å². The van der Waals surface area contributed by atoms with Gasteiger partial charge in [0.05, 0.1) is 19.9 Å². The van der Waals surface area contributed by atoms with Crippen LogP contribution in [0.5, 0.6) is 11.5 Å².